The number of halogens is 6. The predicted molar refractivity (Wildman–Crippen MR) is 73.0 cm³/mol. The normalized spacial score (nSPS) is 16.4. The van der Waals surface area contributed by atoms with Gasteiger partial charge in [-0.05, 0) is 12.1 Å². The zero-order valence-electron chi connectivity index (χ0n) is 12.3. The van der Waals surface area contributed by atoms with Crippen LogP contribution in [-0.4, -0.2) is 19.3 Å². The SMILES string of the molecule is FC(F)(F)Oc1ccccc1C1(c2ccccc2OC(F)(F)F)CO1. The number of alkyl halides is 6. The molecule has 0 aromatic heterocycles. The highest BCUT2D eigenvalue weighted by Gasteiger charge is 2.53. The van der Waals surface area contributed by atoms with Crippen LogP contribution in [0.5, 0.6) is 11.5 Å². The summed E-state index contributed by atoms with van der Waals surface area (Å²) in [4.78, 5) is 0. The molecule has 2 aromatic carbocycles. The Morgan fingerprint density at radius 3 is 1.40 bits per heavy atom. The van der Waals surface area contributed by atoms with Crippen LogP contribution in [0.1, 0.15) is 11.1 Å². The molecule has 1 aliphatic heterocycles. The fourth-order valence-corrected chi connectivity index (χ4v) is 2.56. The molecule has 1 heterocycles. The second-order valence-corrected chi connectivity index (χ2v) is 5.20. The van der Waals surface area contributed by atoms with Crippen LogP contribution < -0.4 is 9.47 Å². The Kier molecular flexibility index (Phi) is 4.06. The van der Waals surface area contributed by atoms with Gasteiger partial charge in [0.25, 0.3) is 0 Å². The van der Waals surface area contributed by atoms with Gasteiger partial charge in [0.2, 0.25) is 0 Å². The summed E-state index contributed by atoms with van der Waals surface area (Å²) in [5.41, 5.74) is -1.57. The number of rotatable bonds is 4. The van der Waals surface area contributed by atoms with E-state index in [1.807, 2.05) is 0 Å². The zero-order valence-corrected chi connectivity index (χ0v) is 12.3. The van der Waals surface area contributed by atoms with Crippen LogP contribution in [0, 0.1) is 0 Å². The molecular weight excluding hydrogens is 354 g/mol. The minimum absolute atomic E-state index is 0.0365. The number of para-hydroxylation sites is 2. The van der Waals surface area contributed by atoms with Gasteiger partial charge in [-0.1, -0.05) is 36.4 Å². The van der Waals surface area contributed by atoms with Gasteiger partial charge < -0.3 is 14.2 Å². The van der Waals surface area contributed by atoms with E-state index in [4.69, 9.17) is 4.74 Å². The van der Waals surface area contributed by atoms with E-state index < -0.39 is 29.8 Å². The minimum Gasteiger partial charge on any atom is -0.405 e. The molecule has 0 radical (unpaired) electrons. The highest BCUT2D eigenvalue weighted by Crippen LogP contribution is 2.52. The van der Waals surface area contributed by atoms with Crippen LogP contribution in [0.3, 0.4) is 0 Å². The third-order valence-electron chi connectivity index (χ3n) is 3.53. The maximum atomic E-state index is 12.6. The van der Waals surface area contributed by atoms with E-state index in [0.717, 1.165) is 12.1 Å². The smallest absolute Gasteiger partial charge is 0.405 e. The van der Waals surface area contributed by atoms with Crippen molar-refractivity contribution in [1.29, 1.82) is 0 Å². The van der Waals surface area contributed by atoms with Gasteiger partial charge in [-0.25, -0.2) is 0 Å². The molecule has 9 heteroatoms. The Hall–Kier alpha value is -2.42. The predicted octanol–water partition coefficient (Wildman–Crippen LogP) is 4.76. The average Bonchev–Trinajstić information content (AvgIpc) is 3.26. The Bertz CT molecular complexity index is 703. The summed E-state index contributed by atoms with van der Waals surface area (Å²) < 4.78 is 88.8. The van der Waals surface area contributed by atoms with Crippen LogP contribution in [0.25, 0.3) is 0 Å². The first-order valence-corrected chi connectivity index (χ1v) is 6.95. The largest absolute Gasteiger partial charge is 0.573 e. The van der Waals surface area contributed by atoms with Crippen LogP contribution in [0.2, 0.25) is 0 Å². The fraction of sp³-hybridized carbons (Fsp3) is 0.250. The quantitative estimate of drug-likeness (QED) is 0.579. The van der Waals surface area contributed by atoms with Crippen molar-refractivity contribution in [2.24, 2.45) is 0 Å². The molecular formula is C16H10F6O3. The van der Waals surface area contributed by atoms with Crippen molar-refractivity contribution in [3.63, 3.8) is 0 Å². The second kappa shape index (κ2) is 5.83. The molecule has 0 aliphatic carbocycles. The van der Waals surface area contributed by atoms with Gasteiger partial charge in [0.05, 0.1) is 6.61 Å². The maximum Gasteiger partial charge on any atom is 0.573 e. The van der Waals surface area contributed by atoms with E-state index in [2.05, 4.69) is 9.47 Å². The second-order valence-electron chi connectivity index (χ2n) is 5.20. The molecule has 0 unspecified atom stereocenters. The molecule has 25 heavy (non-hydrogen) atoms. The molecule has 3 nitrogen and oxygen atoms in total. The van der Waals surface area contributed by atoms with Crippen molar-refractivity contribution >= 4 is 0 Å². The monoisotopic (exact) mass is 364 g/mol. The Balaban J connectivity index is 2.05. The van der Waals surface area contributed by atoms with Crippen molar-refractivity contribution < 1.29 is 40.6 Å². The van der Waals surface area contributed by atoms with Crippen LogP contribution in [0.15, 0.2) is 48.5 Å². The highest BCUT2D eigenvalue weighted by atomic mass is 19.4. The van der Waals surface area contributed by atoms with Crippen molar-refractivity contribution in [1.82, 2.24) is 0 Å². The molecule has 0 spiro atoms. The van der Waals surface area contributed by atoms with Crippen molar-refractivity contribution in [3.05, 3.63) is 59.7 Å². The molecule has 0 amide bonds. The summed E-state index contributed by atoms with van der Waals surface area (Å²) in [6.07, 6.45) is -9.90. The summed E-state index contributed by atoms with van der Waals surface area (Å²) in [5.74, 6) is -1.09. The van der Waals surface area contributed by atoms with Crippen LogP contribution >= 0.6 is 0 Å². The maximum absolute atomic E-state index is 12.6. The van der Waals surface area contributed by atoms with Gasteiger partial charge >= 0.3 is 12.7 Å². The topological polar surface area (TPSA) is 31.0 Å². The molecule has 134 valence electrons. The molecule has 1 fully saturated rings. The number of benzene rings is 2. The summed E-state index contributed by atoms with van der Waals surface area (Å²) in [7, 11) is 0. The molecule has 1 aliphatic rings. The zero-order chi connectivity index (χ0) is 18.3. The summed E-state index contributed by atoms with van der Waals surface area (Å²) in [6.45, 7) is -0.108. The van der Waals surface area contributed by atoms with E-state index in [9.17, 15) is 26.3 Å². The number of epoxide rings is 1. The van der Waals surface area contributed by atoms with E-state index in [-0.39, 0.29) is 17.7 Å². The minimum atomic E-state index is -4.95. The lowest BCUT2D eigenvalue weighted by Crippen LogP contribution is -2.23. The molecule has 1 saturated heterocycles. The first-order valence-electron chi connectivity index (χ1n) is 6.95. The van der Waals surface area contributed by atoms with Gasteiger partial charge in [-0.2, -0.15) is 0 Å². The number of ether oxygens (including phenoxy) is 3. The van der Waals surface area contributed by atoms with Gasteiger partial charge in [-0.15, -0.1) is 26.3 Å². The Labute approximate surface area is 137 Å². The standard InChI is InChI=1S/C16H10F6O3/c17-15(18,19)24-12-7-3-1-5-10(12)14(9-23-14)11-6-2-4-8-13(11)25-16(20,21)22/h1-8H,9H2. The summed E-state index contributed by atoms with van der Waals surface area (Å²) >= 11 is 0. The van der Waals surface area contributed by atoms with Crippen molar-refractivity contribution in [2.75, 3.05) is 6.61 Å². The molecule has 0 saturated carbocycles. The van der Waals surface area contributed by atoms with Crippen molar-refractivity contribution in [2.45, 2.75) is 18.3 Å². The van der Waals surface area contributed by atoms with Gasteiger partial charge in [0.1, 0.15) is 17.1 Å². The molecule has 0 bridgehead atoms. The van der Waals surface area contributed by atoms with Crippen LogP contribution in [0.4, 0.5) is 26.3 Å². The van der Waals surface area contributed by atoms with E-state index in [0.29, 0.717) is 0 Å². The van der Waals surface area contributed by atoms with Gasteiger partial charge in [0, 0.05) is 11.1 Å². The lowest BCUT2D eigenvalue weighted by molar-refractivity contribution is -0.275. The van der Waals surface area contributed by atoms with Crippen LogP contribution in [-0.2, 0) is 10.3 Å². The first kappa shape index (κ1) is 17.4. The van der Waals surface area contributed by atoms with E-state index in [1.165, 1.54) is 36.4 Å². The third kappa shape index (κ3) is 3.81. The van der Waals surface area contributed by atoms with Gasteiger partial charge in [0.15, 0.2) is 0 Å². The number of hydrogen-bond acceptors (Lipinski definition) is 3. The lowest BCUT2D eigenvalue weighted by atomic mass is 9.90. The molecule has 2 aromatic rings. The fourth-order valence-electron chi connectivity index (χ4n) is 2.56. The summed E-state index contributed by atoms with van der Waals surface area (Å²) in [6, 6.07) is 10.3. The first-order chi connectivity index (χ1) is 11.6. The molecule has 3 rings (SSSR count). The lowest BCUT2D eigenvalue weighted by Gasteiger charge is -2.21. The van der Waals surface area contributed by atoms with E-state index in [1.54, 1.807) is 0 Å². The Morgan fingerprint density at radius 2 is 1.08 bits per heavy atom. The third-order valence-corrected chi connectivity index (χ3v) is 3.53. The molecule has 0 N–H and O–H groups in total. The van der Waals surface area contributed by atoms with Gasteiger partial charge in [-0.3, -0.25) is 0 Å². The van der Waals surface area contributed by atoms with E-state index >= 15 is 0 Å². The van der Waals surface area contributed by atoms with Crippen molar-refractivity contribution in [3.8, 4) is 11.5 Å². The Morgan fingerprint density at radius 1 is 0.720 bits per heavy atom. The number of hydrogen-bond donors (Lipinski definition) is 0. The summed E-state index contributed by atoms with van der Waals surface area (Å²) in [5, 5.41) is 0. The average molecular weight is 364 g/mol. The molecule has 0 atom stereocenters. The highest BCUT2D eigenvalue weighted by molar-refractivity contribution is 5.53.